The van der Waals surface area contributed by atoms with Gasteiger partial charge in [0.05, 0.1) is 0 Å². The number of carbonyl (C=O) groups is 1. The van der Waals surface area contributed by atoms with Crippen LogP contribution in [0.3, 0.4) is 0 Å². The molecule has 1 aromatic rings. The largest absolute Gasteiger partial charge is 0.434 e. The minimum atomic E-state index is -4.42. The lowest BCUT2D eigenvalue weighted by Crippen LogP contribution is -2.47. The van der Waals surface area contributed by atoms with Crippen LogP contribution in [0, 0.1) is 5.92 Å². The average molecular weight is 360 g/mol. The molecule has 3 rings (SSSR count). The van der Waals surface area contributed by atoms with E-state index in [4.69, 9.17) is 4.74 Å². The number of halogens is 3. The van der Waals surface area contributed by atoms with Crippen molar-refractivity contribution in [3.63, 3.8) is 0 Å². The second kappa shape index (κ2) is 7.23. The van der Waals surface area contributed by atoms with Crippen LogP contribution in [0.2, 0.25) is 0 Å². The van der Waals surface area contributed by atoms with Gasteiger partial charge in [-0.2, -0.15) is 13.2 Å². The maximum atomic E-state index is 12.8. The van der Waals surface area contributed by atoms with Crippen molar-refractivity contribution in [1.82, 2.24) is 19.8 Å². The molecule has 0 bridgehead atoms. The lowest BCUT2D eigenvalue weighted by atomic mass is 9.99. The van der Waals surface area contributed by atoms with Crippen LogP contribution in [-0.4, -0.2) is 53.3 Å². The van der Waals surface area contributed by atoms with Gasteiger partial charge >= 0.3 is 12.2 Å². The normalized spacial score (nSPS) is 21.7. The van der Waals surface area contributed by atoms with Crippen molar-refractivity contribution in [3.8, 4) is 0 Å². The summed E-state index contributed by atoms with van der Waals surface area (Å²) >= 11 is 0. The van der Waals surface area contributed by atoms with Crippen LogP contribution in [0.4, 0.5) is 18.0 Å². The minimum Gasteiger partial charge on any atom is -0.381 e. The fraction of sp³-hybridized carbons (Fsp3) is 0.750. The molecule has 9 heteroatoms. The first-order valence-corrected chi connectivity index (χ1v) is 8.55. The van der Waals surface area contributed by atoms with E-state index in [2.05, 4.69) is 10.3 Å². The highest BCUT2D eigenvalue weighted by Gasteiger charge is 2.36. The second-order valence-electron chi connectivity index (χ2n) is 6.81. The molecule has 0 radical (unpaired) electrons. The van der Waals surface area contributed by atoms with Crippen molar-refractivity contribution >= 4 is 6.03 Å². The van der Waals surface area contributed by atoms with E-state index < -0.39 is 11.9 Å². The number of nitrogens with one attached hydrogen (secondary N) is 1. The van der Waals surface area contributed by atoms with Gasteiger partial charge in [0.2, 0.25) is 0 Å². The molecule has 140 valence electrons. The molecule has 0 unspecified atom stereocenters. The van der Waals surface area contributed by atoms with Crippen molar-refractivity contribution in [2.24, 2.45) is 5.92 Å². The maximum absolute atomic E-state index is 12.8. The number of rotatable bonds is 3. The molecule has 0 spiro atoms. The van der Waals surface area contributed by atoms with Gasteiger partial charge in [-0.05, 0) is 25.2 Å². The molecule has 2 amide bonds. The third-order valence-corrected chi connectivity index (χ3v) is 4.81. The zero-order valence-electron chi connectivity index (χ0n) is 14.2. The van der Waals surface area contributed by atoms with Crippen LogP contribution in [0.25, 0.3) is 0 Å². The first kappa shape index (κ1) is 18.0. The number of carbonyl (C=O) groups excluding carboxylic acids is 1. The Labute approximate surface area is 144 Å². The number of aryl methyl sites for hydroxylation is 1. The van der Waals surface area contributed by atoms with E-state index in [0.717, 1.165) is 25.5 Å². The molecule has 1 fully saturated rings. The van der Waals surface area contributed by atoms with E-state index in [-0.39, 0.29) is 18.0 Å². The quantitative estimate of drug-likeness (QED) is 0.900. The Hall–Kier alpha value is -1.77. The molecule has 0 aromatic carbocycles. The molecule has 2 aliphatic rings. The summed E-state index contributed by atoms with van der Waals surface area (Å²) in [4.78, 5) is 17.6. The molecule has 1 aromatic heterocycles. The first-order valence-electron chi connectivity index (χ1n) is 8.55. The van der Waals surface area contributed by atoms with Gasteiger partial charge in [-0.15, -0.1) is 0 Å². The van der Waals surface area contributed by atoms with Gasteiger partial charge in [0.25, 0.3) is 0 Å². The van der Waals surface area contributed by atoms with Gasteiger partial charge in [0.1, 0.15) is 5.82 Å². The minimum absolute atomic E-state index is 0.119. The number of urea groups is 1. The zero-order valence-corrected chi connectivity index (χ0v) is 14.2. The monoisotopic (exact) mass is 360 g/mol. The van der Waals surface area contributed by atoms with Gasteiger partial charge in [-0.1, -0.05) is 0 Å². The van der Waals surface area contributed by atoms with E-state index in [9.17, 15) is 18.0 Å². The number of amides is 2. The first-order chi connectivity index (χ1) is 11.8. The second-order valence-corrected chi connectivity index (χ2v) is 6.81. The van der Waals surface area contributed by atoms with Crippen molar-refractivity contribution in [2.75, 3.05) is 26.8 Å². The van der Waals surface area contributed by atoms with Gasteiger partial charge in [-0.25, -0.2) is 9.78 Å². The third-order valence-electron chi connectivity index (χ3n) is 4.81. The Balaban J connectivity index is 1.53. The number of ether oxygens (including phenoxy) is 1. The molecule has 3 heterocycles. The van der Waals surface area contributed by atoms with E-state index in [1.165, 1.54) is 0 Å². The number of fused-ring (bicyclic) bond motifs is 1. The molecule has 0 aliphatic carbocycles. The summed E-state index contributed by atoms with van der Waals surface area (Å²) in [6.45, 7) is 2.27. The van der Waals surface area contributed by atoms with Crippen LogP contribution < -0.4 is 5.32 Å². The van der Waals surface area contributed by atoms with Gasteiger partial charge < -0.3 is 19.5 Å². The summed E-state index contributed by atoms with van der Waals surface area (Å²) in [6, 6.07) is -0.0102. The van der Waals surface area contributed by atoms with Gasteiger partial charge in [0, 0.05) is 52.0 Å². The summed E-state index contributed by atoms with van der Waals surface area (Å²) < 4.78 is 45.1. The predicted octanol–water partition coefficient (Wildman–Crippen LogP) is 2.28. The van der Waals surface area contributed by atoms with Crippen LogP contribution in [0.1, 0.15) is 30.8 Å². The van der Waals surface area contributed by atoms with E-state index >= 15 is 0 Å². The molecule has 6 nitrogen and oxygen atoms in total. The van der Waals surface area contributed by atoms with Gasteiger partial charge in [-0.3, -0.25) is 0 Å². The molecule has 2 aliphatic heterocycles. The Bertz CT molecular complexity index is 611. The fourth-order valence-corrected chi connectivity index (χ4v) is 3.40. The molecule has 1 N–H and O–H groups in total. The van der Waals surface area contributed by atoms with E-state index in [1.54, 1.807) is 16.5 Å². The molecule has 25 heavy (non-hydrogen) atoms. The van der Waals surface area contributed by atoms with Crippen molar-refractivity contribution in [3.05, 3.63) is 17.7 Å². The highest BCUT2D eigenvalue weighted by atomic mass is 19.4. The average Bonchev–Trinajstić information content (AvgIpc) is 2.99. The SMILES string of the molecule is CN(C[C@H]1CCc2nc(C(F)(F)F)cn2C1)C(=O)NC1CCOCC1. The van der Waals surface area contributed by atoms with Crippen LogP contribution in [-0.2, 0) is 23.9 Å². The predicted molar refractivity (Wildman–Crippen MR) is 84.0 cm³/mol. The number of imidazole rings is 1. The highest BCUT2D eigenvalue weighted by Crippen LogP contribution is 2.30. The summed E-state index contributed by atoms with van der Waals surface area (Å²) in [5, 5.41) is 2.99. The lowest BCUT2D eigenvalue weighted by Gasteiger charge is -2.30. The number of hydrogen-bond acceptors (Lipinski definition) is 3. The Morgan fingerprint density at radius 1 is 1.40 bits per heavy atom. The molecular weight excluding hydrogens is 337 g/mol. The zero-order chi connectivity index (χ0) is 18.0. The number of nitrogens with zero attached hydrogens (tertiary/aromatic N) is 3. The van der Waals surface area contributed by atoms with Crippen LogP contribution in [0.15, 0.2) is 6.20 Å². The van der Waals surface area contributed by atoms with E-state index in [0.29, 0.717) is 38.5 Å². The smallest absolute Gasteiger partial charge is 0.381 e. The van der Waals surface area contributed by atoms with Gasteiger partial charge in [0.15, 0.2) is 5.69 Å². The Morgan fingerprint density at radius 2 is 2.12 bits per heavy atom. The van der Waals surface area contributed by atoms with Crippen LogP contribution in [0.5, 0.6) is 0 Å². The summed E-state index contributed by atoms with van der Waals surface area (Å²) in [6.07, 6.45) is -0.508. The summed E-state index contributed by atoms with van der Waals surface area (Å²) in [5.74, 6) is 0.589. The van der Waals surface area contributed by atoms with Crippen molar-refractivity contribution in [2.45, 2.75) is 44.4 Å². The third kappa shape index (κ3) is 4.45. The number of aromatic nitrogens is 2. The summed E-state index contributed by atoms with van der Waals surface area (Å²) in [5.41, 5.74) is -0.839. The van der Waals surface area contributed by atoms with E-state index in [1.807, 2.05) is 0 Å². The topological polar surface area (TPSA) is 59.4 Å². The molecule has 1 atom stereocenters. The van der Waals surface area contributed by atoms with Crippen molar-refractivity contribution in [1.29, 1.82) is 0 Å². The summed E-state index contributed by atoms with van der Waals surface area (Å²) in [7, 11) is 1.72. The van der Waals surface area contributed by atoms with Crippen molar-refractivity contribution < 1.29 is 22.7 Å². The molecular formula is C16H23F3N4O2. The fourth-order valence-electron chi connectivity index (χ4n) is 3.40. The van der Waals surface area contributed by atoms with Crippen LogP contribution >= 0.6 is 0 Å². The maximum Gasteiger partial charge on any atom is 0.434 e. The lowest BCUT2D eigenvalue weighted by molar-refractivity contribution is -0.141. The number of alkyl halides is 3. The Kier molecular flexibility index (Phi) is 5.21. The molecule has 1 saturated heterocycles. The standard InChI is InChI=1S/C16H23F3N4O2/c1-22(15(24)20-12-4-6-25-7-5-12)8-11-2-3-14-21-13(16(17,18)19)10-23(14)9-11/h10-12H,2-9H2,1H3,(H,20,24)/t11-/m1/s1. The highest BCUT2D eigenvalue weighted by molar-refractivity contribution is 5.74. The molecule has 0 saturated carbocycles. The Morgan fingerprint density at radius 3 is 2.80 bits per heavy atom. The number of hydrogen-bond donors (Lipinski definition) is 1.